The van der Waals surface area contributed by atoms with Gasteiger partial charge in [-0.05, 0) is 46.2 Å². The second kappa shape index (κ2) is 13.1. The van der Waals surface area contributed by atoms with Crippen LogP contribution in [0.4, 0.5) is 16.2 Å². The highest BCUT2D eigenvalue weighted by Crippen LogP contribution is 2.48. The van der Waals surface area contributed by atoms with Gasteiger partial charge in [-0.1, -0.05) is 25.1 Å². The number of para-hydroxylation sites is 1. The molecule has 0 spiro atoms. The Morgan fingerprint density at radius 3 is 2.65 bits per heavy atom. The number of alkyl halides is 1. The van der Waals surface area contributed by atoms with E-state index in [0.29, 0.717) is 17.9 Å². The lowest BCUT2D eigenvalue weighted by atomic mass is 9.98. The molecule has 1 saturated heterocycles. The van der Waals surface area contributed by atoms with Crippen molar-refractivity contribution in [3.05, 3.63) is 36.7 Å². The number of hydrogen-bond acceptors (Lipinski definition) is 12. The molecule has 1 aromatic carbocycles. The largest absolute Gasteiger partial charge is 0.462 e. The monoisotopic (exact) mass is 623 g/mol. The topological polar surface area (TPSA) is 176 Å². The van der Waals surface area contributed by atoms with Gasteiger partial charge in [-0.25, -0.2) is 13.9 Å². The highest BCUT2D eigenvalue weighted by atomic mass is 31.2. The van der Waals surface area contributed by atoms with Crippen molar-refractivity contribution in [2.24, 2.45) is 0 Å². The number of hydrogen-bond donors (Lipinski definition) is 3. The first kappa shape index (κ1) is 32.6. The van der Waals surface area contributed by atoms with Crippen LogP contribution in [-0.2, 0) is 23.4 Å². The van der Waals surface area contributed by atoms with Gasteiger partial charge >= 0.3 is 13.7 Å². The molecule has 0 aliphatic carbocycles. The first-order chi connectivity index (χ1) is 20.3. The van der Waals surface area contributed by atoms with E-state index in [9.17, 15) is 14.5 Å². The molecule has 14 nitrogen and oxygen atoms in total. The zero-order chi connectivity index (χ0) is 31.5. The number of rotatable bonds is 13. The van der Waals surface area contributed by atoms with Crippen LogP contribution in [-0.4, -0.2) is 80.8 Å². The summed E-state index contributed by atoms with van der Waals surface area (Å²) in [7, 11) is -2.46. The molecule has 0 amide bonds. The van der Waals surface area contributed by atoms with Gasteiger partial charge in [0.15, 0.2) is 28.9 Å². The lowest BCUT2D eigenvalue weighted by Crippen LogP contribution is -2.41. The summed E-state index contributed by atoms with van der Waals surface area (Å²) in [6.45, 7) is 8.09. The van der Waals surface area contributed by atoms with Gasteiger partial charge in [0.2, 0.25) is 5.95 Å². The van der Waals surface area contributed by atoms with Crippen LogP contribution in [0.2, 0.25) is 0 Å². The third-order valence-corrected chi connectivity index (χ3v) is 8.39. The zero-order valence-corrected chi connectivity index (χ0v) is 25.9. The number of aromatic nitrogens is 4. The van der Waals surface area contributed by atoms with E-state index in [-0.39, 0.29) is 17.3 Å². The molecule has 1 fully saturated rings. The normalized spacial score (nSPS) is 24.2. The number of anilines is 2. The number of nitrogens with zero attached hydrogens (tertiary/aromatic N) is 5. The second-order valence-corrected chi connectivity index (χ2v) is 12.5. The Morgan fingerprint density at radius 2 is 2.00 bits per heavy atom. The molecule has 4 N–H and O–H groups in total. The Bertz CT molecular complexity index is 1460. The summed E-state index contributed by atoms with van der Waals surface area (Å²) < 4.78 is 53.7. The second-order valence-electron chi connectivity index (χ2n) is 10.8. The average molecular weight is 624 g/mol. The maximum Gasteiger partial charge on any atom is 0.459 e. The van der Waals surface area contributed by atoms with Crippen LogP contribution in [0.25, 0.3) is 11.2 Å². The number of benzene rings is 1. The lowest BCUT2D eigenvalue weighted by Gasteiger charge is -2.25. The van der Waals surface area contributed by atoms with Crippen LogP contribution in [0.15, 0.2) is 36.7 Å². The minimum atomic E-state index is -4.29. The molecule has 1 aliphatic heterocycles. The van der Waals surface area contributed by atoms with Crippen molar-refractivity contribution < 1.29 is 37.4 Å². The first-order valence-electron chi connectivity index (χ1n) is 14.0. The minimum Gasteiger partial charge on any atom is -0.462 e. The van der Waals surface area contributed by atoms with Crippen LogP contribution in [0.1, 0.15) is 47.3 Å². The molecule has 0 bridgehead atoms. The van der Waals surface area contributed by atoms with Crippen molar-refractivity contribution in [3.63, 3.8) is 0 Å². The van der Waals surface area contributed by atoms with E-state index in [2.05, 4.69) is 20.0 Å². The molecule has 16 heteroatoms. The molecule has 0 unspecified atom stereocenters. The number of imidazole rings is 1. The van der Waals surface area contributed by atoms with Gasteiger partial charge in [0.25, 0.3) is 0 Å². The molecule has 4 rings (SSSR count). The summed E-state index contributed by atoms with van der Waals surface area (Å²) in [6, 6.07) is 7.07. The maximum absolute atomic E-state index is 16.2. The van der Waals surface area contributed by atoms with Gasteiger partial charge in [0.1, 0.15) is 24.0 Å². The minimum absolute atomic E-state index is 0.0404. The van der Waals surface area contributed by atoms with Crippen molar-refractivity contribution in [2.75, 3.05) is 30.8 Å². The summed E-state index contributed by atoms with van der Waals surface area (Å²) in [4.78, 5) is 27.2. The van der Waals surface area contributed by atoms with Gasteiger partial charge in [0.05, 0.1) is 19.0 Å². The highest BCUT2D eigenvalue weighted by molar-refractivity contribution is 7.52. The molecule has 0 saturated carbocycles. The SMILES string of the molecule is CCCN(C)c1nc(N)nc2c1ncn2[C@@H]1O[C@H](CO[P@@](=O)(N[C@@H](C)C(=O)OC(C)C)Oc2ccccc2)[C@@H](O)[C@@]1(C)F. The summed E-state index contributed by atoms with van der Waals surface area (Å²) >= 11 is 0. The summed E-state index contributed by atoms with van der Waals surface area (Å²) in [5.74, 6) is -0.0604. The summed E-state index contributed by atoms with van der Waals surface area (Å²) in [5, 5.41) is 13.5. The summed E-state index contributed by atoms with van der Waals surface area (Å²) in [5.41, 5.74) is 4.21. The van der Waals surface area contributed by atoms with Crippen LogP contribution >= 0.6 is 7.75 Å². The van der Waals surface area contributed by atoms with Crippen LogP contribution in [0, 0.1) is 0 Å². The van der Waals surface area contributed by atoms with Crippen molar-refractivity contribution >= 4 is 36.6 Å². The van der Waals surface area contributed by atoms with Gasteiger partial charge in [0, 0.05) is 13.6 Å². The molecule has 43 heavy (non-hydrogen) atoms. The molecule has 6 atom stereocenters. The fourth-order valence-electron chi connectivity index (χ4n) is 4.65. The van der Waals surface area contributed by atoms with Gasteiger partial charge in [-0.15, -0.1) is 0 Å². The number of nitrogens with one attached hydrogen (secondary N) is 1. The Kier molecular flexibility index (Phi) is 9.92. The number of halogens is 1. The molecular formula is C27H39FN7O7P. The number of nitrogen functional groups attached to an aromatic ring is 1. The van der Waals surface area contributed by atoms with Crippen LogP contribution in [0.5, 0.6) is 5.75 Å². The Morgan fingerprint density at radius 1 is 1.30 bits per heavy atom. The number of carbonyl (C=O) groups excluding carboxylic acids is 1. The zero-order valence-electron chi connectivity index (χ0n) is 25.0. The van der Waals surface area contributed by atoms with E-state index in [1.54, 1.807) is 44.2 Å². The van der Waals surface area contributed by atoms with Crippen LogP contribution in [0.3, 0.4) is 0 Å². The van der Waals surface area contributed by atoms with Crippen LogP contribution < -0.4 is 20.2 Å². The lowest BCUT2D eigenvalue weighted by molar-refractivity contribution is -0.149. The molecule has 2 aromatic heterocycles. The van der Waals surface area contributed by atoms with Gasteiger partial charge in [-0.3, -0.25) is 13.9 Å². The maximum atomic E-state index is 16.2. The summed E-state index contributed by atoms with van der Waals surface area (Å²) in [6.07, 6.45) is -2.64. The molecular weight excluding hydrogens is 584 g/mol. The fourth-order valence-corrected chi connectivity index (χ4v) is 6.16. The first-order valence-corrected chi connectivity index (χ1v) is 15.5. The predicted molar refractivity (Wildman–Crippen MR) is 157 cm³/mol. The van der Waals surface area contributed by atoms with E-state index in [0.717, 1.165) is 6.42 Å². The van der Waals surface area contributed by atoms with Crippen molar-refractivity contribution in [1.82, 2.24) is 24.6 Å². The quantitative estimate of drug-likeness (QED) is 0.187. The predicted octanol–water partition coefficient (Wildman–Crippen LogP) is 3.37. The molecule has 236 valence electrons. The third-order valence-electron chi connectivity index (χ3n) is 6.75. The van der Waals surface area contributed by atoms with E-state index in [1.807, 2.05) is 18.9 Å². The van der Waals surface area contributed by atoms with E-state index in [4.69, 9.17) is 24.3 Å². The Hall–Kier alpha value is -3.36. The number of carbonyl (C=O) groups is 1. The average Bonchev–Trinajstić information content (AvgIpc) is 3.44. The number of esters is 1. The number of aliphatic hydroxyl groups is 1. The molecule has 1 aliphatic rings. The standard InChI is InChI=1S/C27H39FN7O7P/c1-7-13-34(6)22-20-23(32-26(29)31-22)35(15-30-20)25-27(5,28)21(36)19(41-25)14-39-43(38,42-18-11-9-8-10-12-18)33-17(4)24(37)40-16(2)3/h8-12,15-17,19,21,25,36H,7,13-14H2,1-6H3,(H,33,38)(H2,29,31,32)/t17-,19+,21+,25+,27+,43-/m0/s1. The van der Waals surface area contributed by atoms with E-state index in [1.165, 1.54) is 24.7 Å². The third kappa shape index (κ3) is 7.24. The van der Waals surface area contributed by atoms with E-state index >= 15 is 4.39 Å². The van der Waals surface area contributed by atoms with Crippen molar-refractivity contribution in [2.45, 2.75) is 77.3 Å². The Balaban J connectivity index is 1.58. The molecule has 0 radical (unpaired) electrons. The number of nitrogens with two attached hydrogens (primary N) is 1. The van der Waals surface area contributed by atoms with Crippen molar-refractivity contribution in [3.8, 4) is 5.75 Å². The Labute approximate surface area is 249 Å². The van der Waals surface area contributed by atoms with E-state index < -0.39 is 56.6 Å². The number of aliphatic hydroxyl groups excluding tert-OH is 1. The van der Waals surface area contributed by atoms with Gasteiger partial charge < -0.3 is 29.7 Å². The number of fused-ring (bicyclic) bond motifs is 1. The molecule has 3 aromatic rings. The van der Waals surface area contributed by atoms with Crippen molar-refractivity contribution in [1.29, 1.82) is 0 Å². The highest BCUT2D eigenvalue weighted by Gasteiger charge is 2.56. The number of ether oxygens (including phenoxy) is 2. The molecule has 3 heterocycles. The fraction of sp³-hybridized carbons (Fsp3) is 0.556. The van der Waals surface area contributed by atoms with Gasteiger partial charge in [-0.2, -0.15) is 15.1 Å². The smallest absolute Gasteiger partial charge is 0.459 e.